The van der Waals surface area contributed by atoms with E-state index in [0.717, 1.165) is 0 Å². The minimum atomic E-state index is -0.867. The maximum absolute atomic E-state index is 3.69. The molecule has 0 rings (SSSR count). The van der Waals surface area contributed by atoms with Crippen LogP contribution in [0.3, 0.4) is 0 Å². The van der Waals surface area contributed by atoms with Gasteiger partial charge >= 0.3 is 0 Å². The van der Waals surface area contributed by atoms with Gasteiger partial charge in [0.2, 0.25) is 0 Å². The van der Waals surface area contributed by atoms with E-state index in [1.54, 1.807) is 0 Å². The lowest BCUT2D eigenvalue weighted by Crippen LogP contribution is -2.14. The van der Waals surface area contributed by atoms with E-state index in [0.29, 0.717) is 0 Å². The van der Waals surface area contributed by atoms with E-state index in [-0.39, 0.29) is 11.0 Å². The van der Waals surface area contributed by atoms with E-state index >= 15 is 0 Å². The Morgan fingerprint density at radius 1 is 1.29 bits per heavy atom. The maximum atomic E-state index is 3.69. The van der Waals surface area contributed by atoms with E-state index in [9.17, 15) is 0 Å². The van der Waals surface area contributed by atoms with Crippen molar-refractivity contribution in [3.05, 3.63) is 12.3 Å². The fraction of sp³-hybridized carbons (Fsp3) is 0.600. The highest BCUT2D eigenvalue weighted by Crippen LogP contribution is 1.98. The first-order valence-electron chi connectivity index (χ1n) is 2.20. The first kappa shape index (κ1) is 10.2. The van der Waals surface area contributed by atoms with Crippen molar-refractivity contribution in [1.29, 1.82) is 0 Å². The Labute approximate surface area is 51.7 Å². The van der Waals surface area contributed by atoms with Gasteiger partial charge in [0.25, 0.3) is 0 Å². The van der Waals surface area contributed by atoms with Gasteiger partial charge in [-0.05, 0) is 11.0 Å². The summed E-state index contributed by atoms with van der Waals surface area (Å²) >= 11 is 0. The van der Waals surface area contributed by atoms with Crippen LogP contribution in [0.5, 0.6) is 0 Å². The van der Waals surface area contributed by atoms with Crippen LogP contribution in [-0.2, 0) is 0 Å². The van der Waals surface area contributed by atoms with Crippen LogP contribution in [0.25, 0.3) is 0 Å². The summed E-state index contributed by atoms with van der Waals surface area (Å²) in [5.74, 6) is 0. The fourth-order valence-corrected chi connectivity index (χ4v) is 0. The van der Waals surface area contributed by atoms with Crippen LogP contribution in [-0.4, -0.2) is 19.0 Å². The maximum Gasteiger partial charge on any atom is 0.0679 e. The highest BCUT2D eigenvalue weighted by molar-refractivity contribution is 6.80. The number of hydrogen-bond donors (Lipinski definition) is 0. The fourth-order valence-electron chi connectivity index (χ4n) is 0. The van der Waals surface area contributed by atoms with Gasteiger partial charge in [-0.15, -0.1) is 12.3 Å². The molecule has 0 unspecified atom stereocenters. The Balaban J connectivity index is 0. The largest absolute Gasteiger partial charge is 0.107 e. The van der Waals surface area contributed by atoms with E-state index in [4.69, 9.17) is 0 Å². The van der Waals surface area contributed by atoms with E-state index in [1.165, 1.54) is 0 Å². The van der Waals surface area contributed by atoms with Crippen molar-refractivity contribution in [2.75, 3.05) is 0 Å². The molecular weight excluding hydrogens is 116 g/mol. The molecule has 0 radical (unpaired) electrons. The van der Waals surface area contributed by atoms with E-state index < -0.39 is 8.07 Å². The third-order valence-electron chi connectivity index (χ3n) is 0.612. The molecule has 7 heavy (non-hydrogen) atoms. The molecule has 0 saturated heterocycles. The Bertz CT molecular complexity index is 51.6. The molecule has 0 aromatic heterocycles. The van der Waals surface area contributed by atoms with Crippen molar-refractivity contribution in [2.45, 2.75) is 19.6 Å². The first-order valence-corrected chi connectivity index (χ1v) is 5.77. The third-order valence-corrected chi connectivity index (χ3v) is 1.84. The van der Waals surface area contributed by atoms with Gasteiger partial charge in [-0.1, -0.05) is 19.6 Å². The molecule has 0 amide bonds. The van der Waals surface area contributed by atoms with Crippen LogP contribution in [0, 0.1) is 0 Å². The molecule has 0 N–H and O–H groups in total. The zero-order valence-corrected chi connectivity index (χ0v) is 5.78. The lowest BCUT2D eigenvalue weighted by molar-refractivity contribution is 1.78. The average molecular weight is 132 g/mol. The summed E-state index contributed by atoms with van der Waals surface area (Å²) < 4.78 is 0. The Hall–Kier alpha value is 0.174. The Morgan fingerprint density at radius 3 is 1.43 bits per heavy atom. The lowest BCUT2D eigenvalue weighted by Gasteiger charge is -2.04. The molecule has 0 nitrogen and oxygen atoms in total. The quantitative estimate of drug-likeness (QED) is 0.458. The zero-order chi connectivity index (χ0) is 5.21. The zero-order valence-electron chi connectivity index (χ0n) is 4.78. The van der Waals surface area contributed by atoms with Gasteiger partial charge in [0.05, 0.1) is 8.07 Å². The number of rotatable bonds is 1. The molecule has 2 heteroatoms. The summed E-state index contributed by atoms with van der Waals surface area (Å²) in [7, 11) is -0.867. The molecule has 0 saturated carbocycles. The van der Waals surface area contributed by atoms with Crippen LogP contribution >= 0.6 is 0 Å². The second-order valence-corrected chi connectivity index (χ2v) is 7.71. The molecule has 0 aliphatic carbocycles. The molecule has 0 aliphatic rings. The van der Waals surface area contributed by atoms with Gasteiger partial charge in [0.15, 0.2) is 0 Å². The van der Waals surface area contributed by atoms with Crippen LogP contribution in [0.2, 0.25) is 19.6 Å². The minimum absolute atomic E-state index is 0. The van der Waals surface area contributed by atoms with Crippen molar-refractivity contribution in [3.63, 3.8) is 0 Å². The summed E-state index contributed by atoms with van der Waals surface area (Å²) in [6.07, 6.45) is 0. The molecule has 0 aliphatic heterocycles. The van der Waals surface area contributed by atoms with Crippen molar-refractivity contribution in [3.8, 4) is 0 Å². The predicted octanol–water partition coefficient (Wildman–Crippen LogP) is 0.598. The summed E-state index contributed by atoms with van der Waals surface area (Å²) in [4.78, 5) is 0. The second kappa shape index (κ2) is 3.21. The second-order valence-electron chi connectivity index (χ2n) is 2.57. The van der Waals surface area contributed by atoms with Crippen LogP contribution in [0.15, 0.2) is 12.3 Å². The normalized spacial score (nSPS) is 9.57. The van der Waals surface area contributed by atoms with Gasteiger partial charge in [-0.3, -0.25) is 0 Å². The van der Waals surface area contributed by atoms with Crippen molar-refractivity contribution >= 4 is 19.0 Å². The smallest absolute Gasteiger partial charge is 0.0679 e. The third kappa shape index (κ3) is 10.7. The van der Waals surface area contributed by atoms with Gasteiger partial charge in [-0.25, -0.2) is 0 Å². The molecular formula is C5H16Si2. The summed E-state index contributed by atoms with van der Waals surface area (Å²) in [6, 6.07) is 0. The van der Waals surface area contributed by atoms with E-state index in [1.807, 2.05) is 0 Å². The summed E-state index contributed by atoms with van der Waals surface area (Å²) in [6.45, 7) is 10.5. The Morgan fingerprint density at radius 2 is 1.43 bits per heavy atom. The minimum Gasteiger partial charge on any atom is -0.107 e. The topological polar surface area (TPSA) is 0 Å². The Kier molecular flexibility index (Phi) is 4.69. The first-order chi connectivity index (χ1) is 2.56. The number of hydrogen-bond acceptors (Lipinski definition) is 0. The van der Waals surface area contributed by atoms with Crippen molar-refractivity contribution in [2.24, 2.45) is 0 Å². The average Bonchev–Trinajstić information content (AvgIpc) is 1.35. The molecule has 0 atom stereocenters. The highest BCUT2D eigenvalue weighted by atomic mass is 28.3. The molecule has 0 aromatic rings. The summed E-state index contributed by atoms with van der Waals surface area (Å²) in [5.41, 5.74) is 2.08. The standard InChI is InChI=1S/C5H12Si.H4Si/c1-5-6(2,3)4;/h5H,1H2,2-4H3;1H4. The van der Waals surface area contributed by atoms with Gasteiger partial charge in [0.1, 0.15) is 0 Å². The van der Waals surface area contributed by atoms with Crippen LogP contribution in [0.4, 0.5) is 0 Å². The van der Waals surface area contributed by atoms with Gasteiger partial charge in [0, 0.05) is 0 Å². The van der Waals surface area contributed by atoms with Gasteiger partial charge < -0.3 is 0 Å². The molecule has 0 spiro atoms. The SMILES string of the molecule is C=C[Si](C)(C)C.[SiH4]. The lowest BCUT2D eigenvalue weighted by atomic mass is 11.3. The summed E-state index contributed by atoms with van der Waals surface area (Å²) in [5, 5.41) is 0. The van der Waals surface area contributed by atoms with Gasteiger partial charge in [-0.2, -0.15) is 0 Å². The molecule has 44 valence electrons. The van der Waals surface area contributed by atoms with Crippen molar-refractivity contribution < 1.29 is 0 Å². The molecule has 0 fully saturated rings. The van der Waals surface area contributed by atoms with E-state index in [2.05, 4.69) is 31.9 Å². The highest BCUT2D eigenvalue weighted by Gasteiger charge is 2.03. The van der Waals surface area contributed by atoms with Crippen LogP contribution < -0.4 is 0 Å². The van der Waals surface area contributed by atoms with Crippen molar-refractivity contribution in [1.82, 2.24) is 0 Å². The monoisotopic (exact) mass is 132 g/mol. The predicted molar refractivity (Wildman–Crippen MR) is 44.9 cm³/mol. The molecule has 0 heterocycles. The molecule has 0 aromatic carbocycles. The van der Waals surface area contributed by atoms with Crippen LogP contribution in [0.1, 0.15) is 0 Å². The molecule has 0 bridgehead atoms.